The molecule has 0 saturated heterocycles. The molecule has 1 atom stereocenters. The van der Waals surface area contributed by atoms with Gasteiger partial charge >= 0.3 is 0 Å². The summed E-state index contributed by atoms with van der Waals surface area (Å²) in [4.78, 5) is 12.1. The van der Waals surface area contributed by atoms with Crippen molar-refractivity contribution >= 4 is 59.2 Å². The largest absolute Gasteiger partial charge is 0.493 e. The number of aromatic nitrogens is 1. The van der Waals surface area contributed by atoms with Gasteiger partial charge in [-0.05, 0) is 36.9 Å². The number of hydrogen-bond acceptors (Lipinski definition) is 5. The number of allylic oxidation sites excluding steroid dienone is 1. The molecule has 3 aromatic rings. The number of benzene rings is 1. The Morgan fingerprint density at radius 2 is 2.04 bits per heavy atom. The van der Waals surface area contributed by atoms with Gasteiger partial charge in [0, 0.05) is 17.7 Å². The topological polar surface area (TPSA) is 55.4 Å². The van der Waals surface area contributed by atoms with Crippen molar-refractivity contribution in [1.82, 2.24) is 4.57 Å². The van der Waals surface area contributed by atoms with E-state index >= 15 is 0 Å². The van der Waals surface area contributed by atoms with Crippen molar-refractivity contribution in [3.05, 3.63) is 72.2 Å². The number of rotatable bonds is 3. The quantitative estimate of drug-likeness (QED) is 0.656. The summed E-state index contributed by atoms with van der Waals surface area (Å²) in [5.74, 6) is -0.0943. The molecule has 1 unspecified atom stereocenters. The third-order valence-electron chi connectivity index (χ3n) is 4.40. The van der Waals surface area contributed by atoms with E-state index in [1.54, 1.807) is 16.7 Å². The third-order valence-corrected chi connectivity index (χ3v) is 6.13. The monoisotopic (exact) mass is 415 g/mol. The Hall–Kier alpha value is -2.41. The van der Waals surface area contributed by atoms with Crippen LogP contribution in [0.5, 0.6) is 5.88 Å². The molecule has 2 aromatic heterocycles. The van der Waals surface area contributed by atoms with Gasteiger partial charge in [-0.15, -0.1) is 11.3 Å². The zero-order valence-electron chi connectivity index (χ0n) is 14.2. The van der Waals surface area contributed by atoms with Crippen LogP contribution in [0, 0.1) is 3.95 Å². The highest BCUT2D eigenvalue weighted by Gasteiger charge is 2.18. The lowest BCUT2D eigenvalue weighted by atomic mass is 10.1. The van der Waals surface area contributed by atoms with Gasteiger partial charge < -0.3 is 9.52 Å². The molecule has 0 amide bonds. The summed E-state index contributed by atoms with van der Waals surface area (Å²) in [6, 6.07) is 9.70. The second-order valence-electron chi connectivity index (χ2n) is 6.10. The Bertz CT molecular complexity index is 1250. The fraction of sp³-hybridized carbons (Fsp3) is 0.100. The molecular formula is C20H14ClNO3S2. The number of halogens is 1. The summed E-state index contributed by atoms with van der Waals surface area (Å²) in [7, 11) is 0. The number of aromatic hydroxyl groups is 1. The van der Waals surface area contributed by atoms with Gasteiger partial charge in [0.1, 0.15) is 10.8 Å². The molecule has 7 heteroatoms. The van der Waals surface area contributed by atoms with Gasteiger partial charge in [-0.1, -0.05) is 41.9 Å². The average molecular weight is 416 g/mol. The first kappa shape index (κ1) is 18.0. The second kappa shape index (κ2) is 6.96. The molecule has 1 aromatic carbocycles. The van der Waals surface area contributed by atoms with E-state index < -0.39 is 0 Å². The molecule has 4 rings (SSSR count). The van der Waals surface area contributed by atoms with Crippen LogP contribution >= 0.6 is 35.2 Å². The summed E-state index contributed by atoms with van der Waals surface area (Å²) >= 11 is 13.1. The highest BCUT2D eigenvalue weighted by atomic mass is 35.5. The second-order valence-corrected chi connectivity index (χ2v) is 8.15. The molecule has 0 bridgehead atoms. The van der Waals surface area contributed by atoms with Crippen LogP contribution in [0.3, 0.4) is 0 Å². The van der Waals surface area contributed by atoms with Gasteiger partial charge in [0.2, 0.25) is 5.88 Å². The van der Waals surface area contributed by atoms with Gasteiger partial charge in [0.25, 0.3) is 0 Å². The molecule has 0 spiro atoms. The van der Waals surface area contributed by atoms with Crippen molar-refractivity contribution in [1.29, 1.82) is 0 Å². The molecule has 0 saturated carbocycles. The van der Waals surface area contributed by atoms with Crippen molar-refractivity contribution in [3.8, 4) is 5.88 Å². The predicted molar refractivity (Wildman–Crippen MR) is 110 cm³/mol. The average Bonchev–Trinajstić information content (AvgIpc) is 3.11. The zero-order valence-corrected chi connectivity index (χ0v) is 16.6. The van der Waals surface area contributed by atoms with E-state index in [4.69, 9.17) is 28.2 Å². The zero-order chi connectivity index (χ0) is 19.1. The van der Waals surface area contributed by atoms with Crippen LogP contribution in [0.15, 0.2) is 40.8 Å². The lowest BCUT2D eigenvalue weighted by Crippen LogP contribution is -2.08. The molecule has 136 valence electrons. The Morgan fingerprint density at radius 1 is 1.30 bits per heavy atom. The van der Waals surface area contributed by atoms with E-state index in [1.165, 1.54) is 23.5 Å². The van der Waals surface area contributed by atoms with Crippen LogP contribution in [0.1, 0.15) is 29.0 Å². The Morgan fingerprint density at radius 3 is 2.78 bits per heavy atom. The summed E-state index contributed by atoms with van der Waals surface area (Å²) in [5, 5.41) is 11.1. The highest BCUT2D eigenvalue weighted by Crippen LogP contribution is 2.33. The molecule has 1 N–H and O–H groups in total. The molecule has 0 radical (unpaired) electrons. The minimum atomic E-state index is -0.152. The Kier molecular flexibility index (Phi) is 4.63. The van der Waals surface area contributed by atoms with Crippen LogP contribution in [0.2, 0.25) is 5.02 Å². The first-order chi connectivity index (χ1) is 13.0. The van der Waals surface area contributed by atoms with Gasteiger partial charge in [-0.2, -0.15) is 0 Å². The van der Waals surface area contributed by atoms with E-state index in [1.807, 2.05) is 37.3 Å². The van der Waals surface area contributed by atoms with Crippen molar-refractivity contribution in [3.63, 3.8) is 0 Å². The fourth-order valence-corrected chi connectivity index (χ4v) is 4.64. The summed E-state index contributed by atoms with van der Waals surface area (Å²) in [6.45, 7) is 1.98. The first-order valence-electron chi connectivity index (χ1n) is 8.18. The molecule has 1 aliphatic rings. The predicted octanol–water partition coefficient (Wildman–Crippen LogP) is 4.05. The number of hydrogen-bond donors (Lipinski definition) is 1. The van der Waals surface area contributed by atoms with Crippen molar-refractivity contribution in [2.75, 3.05) is 0 Å². The molecule has 0 aliphatic heterocycles. The first-order valence-corrected chi connectivity index (χ1v) is 9.79. The van der Waals surface area contributed by atoms with E-state index in [0.29, 0.717) is 30.2 Å². The van der Waals surface area contributed by atoms with Crippen molar-refractivity contribution in [2.24, 2.45) is 0 Å². The third kappa shape index (κ3) is 3.20. The van der Waals surface area contributed by atoms with Gasteiger partial charge in [-0.25, -0.2) is 0 Å². The van der Waals surface area contributed by atoms with E-state index in [9.17, 15) is 9.90 Å². The normalized spacial score (nSPS) is 14.9. The van der Waals surface area contributed by atoms with E-state index in [2.05, 4.69) is 0 Å². The molecule has 0 fully saturated rings. The van der Waals surface area contributed by atoms with Gasteiger partial charge in [-0.3, -0.25) is 9.36 Å². The van der Waals surface area contributed by atoms with Crippen molar-refractivity contribution in [2.45, 2.75) is 13.0 Å². The number of fused-ring (bicyclic) bond motifs is 1. The molecular weight excluding hydrogens is 402 g/mol. The van der Waals surface area contributed by atoms with Crippen LogP contribution in [-0.4, -0.2) is 15.5 Å². The number of ketones is 1. The SMILES string of the molecule is CC(c1ccccc1)n1c(O)c(/C=c2\oc3c(c2Cl)C=CC(=O)C=3)sc1=S. The van der Waals surface area contributed by atoms with Crippen LogP contribution in [-0.2, 0) is 4.79 Å². The Labute approximate surface area is 169 Å². The number of carbonyl (C=O) groups is 1. The number of carbonyl (C=O) groups excluding carboxylic acids is 1. The molecule has 1 aliphatic carbocycles. The van der Waals surface area contributed by atoms with E-state index in [0.717, 1.165) is 5.56 Å². The maximum absolute atomic E-state index is 11.5. The summed E-state index contributed by atoms with van der Waals surface area (Å²) in [5.41, 5.74) is 2.49. The number of furan rings is 1. The lowest BCUT2D eigenvalue weighted by molar-refractivity contribution is -0.109. The minimum Gasteiger partial charge on any atom is -0.493 e. The van der Waals surface area contributed by atoms with Crippen LogP contribution in [0.4, 0.5) is 0 Å². The molecule has 4 nitrogen and oxygen atoms in total. The summed E-state index contributed by atoms with van der Waals surface area (Å²) in [6.07, 6.45) is 6.11. The van der Waals surface area contributed by atoms with Crippen LogP contribution in [0.25, 0.3) is 18.2 Å². The maximum atomic E-state index is 11.5. The number of nitrogens with zero attached hydrogens (tertiary/aromatic N) is 1. The lowest BCUT2D eigenvalue weighted by Gasteiger charge is -2.14. The van der Waals surface area contributed by atoms with Crippen molar-refractivity contribution < 1.29 is 14.3 Å². The Balaban J connectivity index is 1.83. The smallest absolute Gasteiger partial charge is 0.211 e. The summed E-state index contributed by atoms with van der Waals surface area (Å²) < 4.78 is 7.95. The molecule has 2 heterocycles. The highest BCUT2D eigenvalue weighted by molar-refractivity contribution is 7.73. The minimum absolute atomic E-state index is 0.0578. The standard InChI is InChI=1S/C20H14ClNO3S2/c1-11(12-5-3-2-4-6-12)22-19(24)17(27-20(22)26)10-16-18(21)14-8-7-13(23)9-15(14)25-16/h2-11,24H,1H3/b16-10-. The maximum Gasteiger partial charge on any atom is 0.211 e. The van der Waals surface area contributed by atoms with Gasteiger partial charge in [0.05, 0.1) is 15.9 Å². The van der Waals surface area contributed by atoms with Crippen LogP contribution < -0.4 is 10.8 Å². The molecule has 27 heavy (non-hydrogen) atoms. The number of thiazole rings is 1. The fourth-order valence-electron chi connectivity index (χ4n) is 2.99. The van der Waals surface area contributed by atoms with Gasteiger partial charge in [0.15, 0.2) is 9.74 Å². The van der Waals surface area contributed by atoms with E-state index in [-0.39, 0.29) is 17.7 Å².